The molecule has 9 nitrogen and oxygen atoms in total. The van der Waals surface area contributed by atoms with E-state index in [-0.39, 0.29) is 5.82 Å². The first-order chi connectivity index (χ1) is 17.7. The average molecular weight is 542 g/mol. The van der Waals surface area contributed by atoms with E-state index in [0.29, 0.717) is 24.9 Å². The minimum Gasteiger partial charge on any atom is -0.355 e. The van der Waals surface area contributed by atoms with Gasteiger partial charge in [-0.2, -0.15) is 4.52 Å². The highest BCUT2D eigenvalue weighted by atomic mass is 32.2. The molecule has 2 saturated heterocycles. The summed E-state index contributed by atoms with van der Waals surface area (Å²) in [5.74, 6) is 2.06. The van der Waals surface area contributed by atoms with Gasteiger partial charge in [-0.15, -0.1) is 16.4 Å². The predicted octanol–water partition coefficient (Wildman–Crippen LogP) is 3.65. The molecule has 0 N–H and O–H groups in total. The number of halogens is 1. The third-order valence-electron chi connectivity index (χ3n) is 7.33. The molecular formula is C25H28FN7O2S2. The summed E-state index contributed by atoms with van der Waals surface area (Å²) in [6, 6.07) is 10.3. The lowest BCUT2D eigenvalue weighted by atomic mass is 10.0. The molecule has 12 heteroatoms. The minimum atomic E-state index is -3.16. The smallest absolute Gasteiger partial charge is 0.211 e. The van der Waals surface area contributed by atoms with Crippen molar-refractivity contribution in [1.82, 2.24) is 23.9 Å². The topological polar surface area (TPSA) is 86.9 Å². The largest absolute Gasteiger partial charge is 0.355 e. The molecule has 0 radical (unpaired) electrons. The van der Waals surface area contributed by atoms with Gasteiger partial charge in [0.05, 0.1) is 17.6 Å². The van der Waals surface area contributed by atoms with Crippen LogP contribution in [0.3, 0.4) is 0 Å². The molecule has 3 aromatic heterocycles. The molecule has 0 bridgehead atoms. The highest BCUT2D eigenvalue weighted by Crippen LogP contribution is 2.36. The molecule has 6 rings (SSSR count). The molecule has 4 aromatic rings. The van der Waals surface area contributed by atoms with Crippen molar-refractivity contribution in [2.24, 2.45) is 11.8 Å². The van der Waals surface area contributed by atoms with Crippen molar-refractivity contribution < 1.29 is 12.8 Å². The normalized spacial score (nSPS) is 20.2. The van der Waals surface area contributed by atoms with Crippen molar-refractivity contribution in [1.29, 1.82) is 0 Å². The second kappa shape index (κ2) is 9.03. The molecule has 2 aliphatic heterocycles. The van der Waals surface area contributed by atoms with Crippen LogP contribution in [0.2, 0.25) is 0 Å². The van der Waals surface area contributed by atoms with E-state index in [0.717, 1.165) is 58.9 Å². The molecule has 0 spiro atoms. The van der Waals surface area contributed by atoms with Gasteiger partial charge in [0.15, 0.2) is 16.6 Å². The van der Waals surface area contributed by atoms with E-state index < -0.39 is 10.0 Å². The highest BCUT2D eigenvalue weighted by Gasteiger charge is 2.43. The maximum atomic E-state index is 13.4. The van der Waals surface area contributed by atoms with Gasteiger partial charge in [-0.25, -0.2) is 27.1 Å². The van der Waals surface area contributed by atoms with E-state index in [4.69, 9.17) is 15.1 Å². The number of aromatic nitrogens is 4. The van der Waals surface area contributed by atoms with Crippen molar-refractivity contribution in [2.75, 3.05) is 49.3 Å². The van der Waals surface area contributed by atoms with Crippen LogP contribution in [0.25, 0.3) is 16.9 Å². The standard InChI is InChI=1S/C25H28FN7O2S2/c1-4-20-24(30(2)25-28-21(15-36-25)16-5-7-19(26)8-6-16)33-22(27-20)9-10-23(29-33)31-11-17-13-32(37(3,34)35)14-18(17)12-31/h5-10,15,17-18H,4,11-14H2,1-3H3. The summed E-state index contributed by atoms with van der Waals surface area (Å²) < 4.78 is 40.8. The van der Waals surface area contributed by atoms with E-state index in [1.165, 1.54) is 29.7 Å². The van der Waals surface area contributed by atoms with Gasteiger partial charge in [0.2, 0.25) is 10.0 Å². The van der Waals surface area contributed by atoms with Crippen molar-refractivity contribution in [3.8, 4) is 11.3 Å². The van der Waals surface area contributed by atoms with E-state index in [2.05, 4.69) is 11.8 Å². The van der Waals surface area contributed by atoms with Gasteiger partial charge >= 0.3 is 0 Å². The first-order valence-electron chi connectivity index (χ1n) is 12.2. The molecule has 5 heterocycles. The number of benzene rings is 1. The van der Waals surface area contributed by atoms with Gasteiger partial charge in [0.1, 0.15) is 11.6 Å². The van der Waals surface area contributed by atoms with Crippen molar-refractivity contribution in [2.45, 2.75) is 13.3 Å². The van der Waals surface area contributed by atoms with Crippen molar-refractivity contribution in [3.05, 3.63) is 53.3 Å². The van der Waals surface area contributed by atoms with Crippen LogP contribution in [0, 0.1) is 17.7 Å². The average Bonchev–Trinajstić information content (AvgIpc) is 3.64. The lowest BCUT2D eigenvalue weighted by Gasteiger charge is -2.22. The first-order valence-corrected chi connectivity index (χ1v) is 15.0. The van der Waals surface area contributed by atoms with E-state index in [1.807, 2.05) is 34.0 Å². The number of fused-ring (bicyclic) bond motifs is 2. The number of hydrogen-bond donors (Lipinski definition) is 0. The number of nitrogens with zero attached hydrogens (tertiary/aromatic N) is 7. The minimum absolute atomic E-state index is 0.272. The summed E-state index contributed by atoms with van der Waals surface area (Å²) >= 11 is 1.51. The quantitative estimate of drug-likeness (QED) is 0.368. The van der Waals surface area contributed by atoms with E-state index in [1.54, 1.807) is 16.4 Å². The fraction of sp³-hybridized carbons (Fsp3) is 0.400. The molecule has 194 valence electrons. The number of hydrogen-bond acceptors (Lipinski definition) is 8. The maximum Gasteiger partial charge on any atom is 0.211 e. The van der Waals surface area contributed by atoms with Gasteiger partial charge < -0.3 is 9.80 Å². The molecular weight excluding hydrogens is 513 g/mol. The van der Waals surface area contributed by atoms with Crippen LogP contribution in [0.15, 0.2) is 41.8 Å². The number of rotatable bonds is 6. The molecule has 2 unspecified atom stereocenters. The van der Waals surface area contributed by atoms with Crippen LogP contribution in [0.5, 0.6) is 0 Å². The monoisotopic (exact) mass is 541 g/mol. The Morgan fingerprint density at radius 3 is 2.41 bits per heavy atom. The predicted molar refractivity (Wildman–Crippen MR) is 144 cm³/mol. The van der Waals surface area contributed by atoms with Crippen LogP contribution in [-0.2, 0) is 16.4 Å². The number of thiazole rings is 1. The molecule has 0 saturated carbocycles. The zero-order valence-electron chi connectivity index (χ0n) is 20.9. The Labute approximate surface area is 219 Å². The zero-order chi connectivity index (χ0) is 25.9. The Balaban J connectivity index is 1.29. The van der Waals surface area contributed by atoms with Gasteiger partial charge in [-0.05, 0) is 54.7 Å². The summed E-state index contributed by atoms with van der Waals surface area (Å²) in [5.41, 5.74) is 3.34. The second-order valence-corrected chi connectivity index (χ2v) is 12.6. The molecule has 0 amide bonds. The number of imidazole rings is 1. The van der Waals surface area contributed by atoms with Crippen LogP contribution in [0.4, 0.5) is 21.2 Å². The molecule has 0 aliphatic carbocycles. The highest BCUT2D eigenvalue weighted by molar-refractivity contribution is 7.88. The Morgan fingerprint density at radius 1 is 1.05 bits per heavy atom. The Bertz CT molecular complexity index is 1550. The molecule has 1 aromatic carbocycles. The molecule has 2 aliphatic rings. The van der Waals surface area contributed by atoms with Crippen molar-refractivity contribution >= 4 is 43.8 Å². The number of sulfonamides is 1. The second-order valence-electron chi connectivity index (χ2n) is 9.78. The van der Waals surface area contributed by atoms with Crippen LogP contribution in [0.1, 0.15) is 12.6 Å². The Hall–Kier alpha value is -3.09. The Morgan fingerprint density at radius 2 is 1.76 bits per heavy atom. The van der Waals surface area contributed by atoms with Crippen LogP contribution >= 0.6 is 11.3 Å². The summed E-state index contributed by atoms with van der Waals surface area (Å²) in [4.78, 5) is 13.9. The van der Waals surface area contributed by atoms with Gasteiger partial charge in [0.25, 0.3) is 0 Å². The zero-order valence-corrected chi connectivity index (χ0v) is 22.5. The number of aryl methyl sites for hydroxylation is 1. The Kier molecular flexibility index (Phi) is 5.92. The summed E-state index contributed by atoms with van der Waals surface area (Å²) in [6.45, 7) is 4.77. The van der Waals surface area contributed by atoms with Crippen LogP contribution in [-0.4, -0.2) is 71.8 Å². The van der Waals surface area contributed by atoms with Crippen molar-refractivity contribution in [3.63, 3.8) is 0 Å². The first kappa shape index (κ1) is 24.3. The summed E-state index contributed by atoms with van der Waals surface area (Å²) in [7, 11) is -1.19. The molecule has 2 atom stereocenters. The molecule has 37 heavy (non-hydrogen) atoms. The fourth-order valence-electron chi connectivity index (χ4n) is 5.37. The van der Waals surface area contributed by atoms with E-state index in [9.17, 15) is 12.8 Å². The third kappa shape index (κ3) is 4.36. The fourth-order valence-corrected chi connectivity index (χ4v) is 7.10. The SMILES string of the molecule is CCc1nc2ccc(N3CC4CN(S(C)(=O)=O)CC4C3)nn2c1N(C)c1nc(-c2ccc(F)cc2)cs1. The van der Waals surface area contributed by atoms with Gasteiger partial charge in [-0.1, -0.05) is 6.92 Å². The van der Waals surface area contributed by atoms with Gasteiger partial charge in [0, 0.05) is 44.2 Å². The number of anilines is 3. The third-order valence-corrected chi connectivity index (χ3v) is 9.48. The summed E-state index contributed by atoms with van der Waals surface area (Å²) in [5, 5.41) is 7.74. The molecule has 2 fully saturated rings. The van der Waals surface area contributed by atoms with E-state index >= 15 is 0 Å². The summed E-state index contributed by atoms with van der Waals surface area (Å²) in [6.07, 6.45) is 2.03. The maximum absolute atomic E-state index is 13.4. The lowest BCUT2D eigenvalue weighted by Crippen LogP contribution is -2.32. The van der Waals surface area contributed by atoms with Crippen LogP contribution < -0.4 is 9.80 Å². The van der Waals surface area contributed by atoms with Gasteiger partial charge in [-0.3, -0.25) is 0 Å². The lowest BCUT2D eigenvalue weighted by molar-refractivity contribution is 0.458.